The summed E-state index contributed by atoms with van der Waals surface area (Å²) in [4.78, 5) is 52.3. The van der Waals surface area contributed by atoms with Crippen LogP contribution in [0.1, 0.15) is 45.6 Å². The minimum atomic E-state index is -0.846. The average molecular weight is 431 g/mol. The number of amides is 5. The van der Waals surface area contributed by atoms with Crippen molar-refractivity contribution in [3.63, 3.8) is 0 Å². The van der Waals surface area contributed by atoms with Crippen LogP contribution in [0.3, 0.4) is 0 Å². The lowest BCUT2D eigenvalue weighted by Crippen LogP contribution is -2.48. The van der Waals surface area contributed by atoms with Crippen LogP contribution < -0.4 is 10.6 Å². The van der Waals surface area contributed by atoms with Crippen molar-refractivity contribution in [2.24, 2.45) is 0 Å². The van der Waals surface area contributed by atoms with Gasteiger partial charge in [-0.15, -0.1) is 0 Å². The number of rotatable bonds is 5. The summed E-state index contributed by atoms with van der Waals surface area (Å²) in [5.41, 5.74) is 0.283. The molecule has 168 valence electrons. The van der Waals surface area contributed by atoms with Crippen LogP contribution in [0.2, 0.25) is 0 Å². The molecule has 1 aromatic carbocycles. The second kappa shape index (κ2) is 9.36. The summed E-state index contributed by atoms with van der Waals surface area (Å²) in [6.45, 7) is 6.54. The van der Waals surface area contributed by atoms with E-state index < -0.39 is 23.8 Å². The van der Waals surface area contributed by atoms with E-state index in [1.54, 1.807) is 25.7 Å². The molecule has 2 N–H and O–H groups in total. The van der Waals surface area contributed by atoms with E-state index in [0.717, 1.165) is 10.5 Å². The molecule has 1 aromatic rings. The van der Waals surface area contributed by atoms with Crippen LogP contribution in [0.4, 0.5) is 9.59 Å². The highest BCUT2D eigenvalue weighted by molar-refractivity contribution is 6.05. The quantitative estimate of drug-likeness (QED) is 0.695. The molecule has 2 aliphatic rings. The number of hydrogen-bond acceptors (Lipinski definition) is 5. The summed E-state index contributed by atoms with van der Waals surface area (Å²) in [6, 6.07) is 7.85. The molecular weight excluding hydrogens is 400 g/mol. The van der Waals surface area contributed by atoms with Gasteiger partial charge in [-0.1, -0.05) is 30.3 Å². The summed E-state index contributed by atoms with van der Waals surface area (Å²) in [5.74, 6) is -0.570. The van der Waals surface area contributed by atoms with Gasteiger partial charge in [0.25, 0.3) is 5.91 Å². The number of hydrogen-bond donors (Lipinski definition) is 2. The number of carbonyl (C=O) groups excluding carboxylic acids is 4. The third-order valence-corrected chi connectivity index (χ3v) is 5.24. The van der Waals surface area contributed by atoms with Gasteiger partial charge in [-0.2, -0.15) is 0 Å². The van der Waals surface area contributed by atoms with Crippen LogP contribution in [-0.4, -0.2) is 64.5 Å². The van der Waals surface area contributed by atoms with Crippen LogP contribution >= 0.6 is 0 Å². The highest BCUT2D eigenvalue weighted by Gasteiger charge is 2.40. The van der Waals surface area contributed by atoms with Crippen molar-refractivity contribution in [1.82, 2.24) is 20.4 Å². The Balaban J connectivity index is 1.46. The maximum Gasteiger partial charge on any atom is 0.407 e. The summed E-state index contributed by atoms with van der Waals surface area (Å²) in [7, 11) is 0. The van der Waals surface area contributed by atoms with Gasteiger partial charge in [0.15, 0.2) is 0 Å². The van der Waals surface area contributed by atoms with Crippen LogP contribution in [0.15, 0.2) is 30.3 Å². The number of carbonyl (C=O) groups is 4. The molecule has 0 unspecified atom stereocenters. The molecule has 0 bridgehead atoms. The van der Waals surface area contributed by atoms with Gasteiger partial charge in [0.2, 0.25) is 5.91 Å². The molecule has 31 heavy (non-hydrogen) atoms. The molecule has 0 spiro atoms. The smallest absolute Gasteiger partial charge is 0.407 e. The monoisotopic (exact) mass is 430 g/mol. The largest absolute Gasteiger partial charge is 0.444 e. The Labute approximate surface area is 182 Å². The highest BCUT2D eigenvalue weighted by Crippen LogP contribution is 2.17. The van der Waals surface area contributed by atoms with Crippen molar-refractivity contribution in [3.05, 3.63) is 35.9 Å². The van der Waals surface area contributed by atoms with E-state index in [1.807, 2.05) is 30.3 Å². The molecule has 0 radical (unpaired) electrons. The van der Waals surface area contributed by atoms with Gasteiger partial charge < -0.3 is 20.3 Å². The second-order valence-electron chi connectivity index (χ2n) is 8.92. The Morgan fingerprint density at radius 3 is 2.39 bits per heavy atom. The van der Waals surface area contributed by atoms with Crippen molar-refractivity contribution in [1.29, 1.82) is 0 Å². The topological polar surface area (TPSA) is 108 Å². The first-order valence-corrected chi connectivity index (χ1v) is 10.6. The van der Waals surface area contributed by atoms with Crippen LogP contribution in [0.25, 0.3) is 0 Å². The third kappa shape index (κ3) is 6.19. The minimum Gasteiger partial charge on any atom is -0.444 e. The standard InChI is InChI=1S/C22H30N4O5/c1-22(2,3)31-21(30)23-16-9-11-25(12-10-16)18(27)13-17-19(28)26(20(29)24-17)14-15-7-5-4-6-8-15/h4-8,16-17H,9-14H2,1-3H3,(H,23,30)(H,24,29)/t17-/m1/s1. The molecule has 0 saturated carbocycles. The van der Waals surface area contributed by atoms with E-state index in [-0.39, 0.29) is 30.8 Å². The Morgan fingerprint density at radius 2 is 1.77 bits per heavy atom. The number of benzene rings is 1. The molecular formula is C22H30N4O5. The molecule has 2 heterocycles. The fourth-order valence-corrected chi connectivity index (χ4v) is 3.68. The number of likely N-dealkylation sites (tertiary alicyclic amines) is 1. The molecule has 2 saturated heterocycles. The lowest BCUT2D eigenvalue weighted by atomic mass is 10.0. The Bertz CT molecular complexity index is 828. The number of piperidine rings is 1. The predicted octanol–water partition coefficient (Wildman–Crippen LogP) is 2.01. The van der Waals surface area contributed by atoms with Gasteiger partial charge in [0.1, 0.15) is 11.6 Å². The third-order valence-electron chi connectivity index (χ3n) is 5.24. The number of urea groups is 1. The minimum absolute atomic E-state index is 0.0620. The average Bonchev–Trinajstić information content (AvgIpc) is 2.95. The van der Waals surface area contributed by atoms with Crippen molar-refractivity contribution in [3.8, 4) is 0 Å². The summed E-state index contributed by atoms with van der Waals surface area (Å²) >= 11 is 0. The molecule has 5 amide bonds. The normalized spacial score (nSPS) is 19.9. The zero-order valence-electron chi connectivity index (χ0n) is 18.2. The van der Waals surface area contributed by atoms with Crippen LogP contribution in [0, 0.1) is 0 Å². The van der Waals surface area contributed by atoms with Gasteiger partial charge in [0.05, 0.1) is 13.0 Å². The van der Waals surface area contributed by atoms with Crippen molar-refractivity contribution >= 4 is 23.9 Å². The van der Waals surface area contributed by atoms with Gasteiger partial charge in [-0.05, 0) is 39.2 Å². The summed E-state index contributed by atoms with van der Waals surface area (Å²) in [6.07, 6.45) is 0.682. The number of nitrogens with zero attached hydrogens (tertiary/aromatic N) is 2. The van der Waals surface area contributed by atoms with E-state index in [9.17, 15) is 19.2 Å². The maximum atomic E-state index is 12.7. The van der Waals surface area contributed by atoms with Crippen LogP contribution in [0.5, 0.6) is 0 Å². The number of nitrogens with one attached hydrogen (secondary N) is 2. The van der Waals surface area contributed by atoms with E-state index in [2.05, 4.69) is 10.6 Å². The SMILES string of the molecule is CC(C)(C)OC(=O)NC1CCN(C(=O)C[C@H]2NC(=O)N(Cc3ccccc3)C2=O)CC1. The zero-order valence-corrected chi connectivity index (χ0v) is 18.2. The Kier molecular flexibility index (Phi) is 6.82. The van der Waals surface area contributed by atoms with Crippen molar-refractivity contribution < 1.29 is 23.9 Å². The number of alkyl carbamates (subject to hydrolysis) is 1. The molecule has 0 aromatic heterocycles. The zero-order chi connectivity index (χ0) is 22.6. The molecule has 9 nitrogen and oxygen atoms in total. The van der Waals surface area contributed by atoms with E-state index in [0.29, 0.717) is 25.9 Å². The molecule has 1 atom stereocenters. The molecule has 0 aliphatic carbocycles. The molecule has 2 aliphatic heterocycles. The molecule has 2 fully saturated rings. The Morgan fingerprint density at radius 1 is 1.13 bits per heavy atom. The van der Waals surface area contributed by atoms with E-state index in [4.69, 9.17) is 4.74 Å². The van der Waals surface area contributed by atoms with E-state index in [1.165, 1.54) is 0 Å². The fourth-order valence-electron chi connectivity index (χ4n) is 3.68. The maximum absolute atomic E-state index is 12.7. The first kappa shape index (κ1) is 22.6. The van der Waals surface area contributed by atoms with Crippen LogP contribution in [-0.2, 0) is 20.9 Å². The lowest BCUT2D eigenvalue weighted by Gasteiger charge is -2.33. The van der Waals surface area contributed by atoms with Gasteiger partial charge in [-0.25, -0.2) is 9.59 Å². The first-order valence-electron chi connectivity index (χ1n) is 10.6. The van der Waals surface area contributed by atoms with Gasteiger partial charge >= 0.3 is 12.1 Å². The molecule has 3 rings (SSSR count). The second-order valence-corrected chi connectivity index (χ2v) is 8.92. The van der Waals surface area contributed by atoms with Crippen molar-refractivity contribution in [2.45, 2.75) is 64.3 Å². The molecule has 9 heteroatoms. The predicted molar refractivity (Wildman–Crippen MR) is 113 cm³/mol. The first-order chi connectivity index (χ1) is 14.6. The lowest BCUT2D eigenvalue weighted by molar-refractivity contribution is -0.136. The number of ether oxygens (including phenoxy) is 1. The van der Waals surface area contributed by atoms with Gasteiger partial charge in [-0.3, -0.25) is 14.5 Å². The fraction of sp³-hybridized carbons (Fsp3) is 0.545. The highest BCUT2D eigenvalue weighted by atomic mass is 16.6. The van der Waals surface area contributed by atoms with Gasteiger partial charge in [0, 0.05) is 19.1 Å². The number of imide groups is 1. The van der Waals surface area contributed by atoms with E-state index >= 15 is 0 Å². The Hall–Kier alpha value is -3.10. The summed E-state index contributed by atoms with van der Waals surface area (Å²) < 4.78 is 5.26. The van der Waals surface area contributed by atoms with Crippen molar-refractivity contribution in [2.75, 3.05) is 13.1 Å². The summed E-state index contributed by atoms with van der Waals surface area (Å²) in [5, 5.41) is 5.45.